The molecular weight excluding hydrogens is 326 g/mol. The van der Waals surface area contributed by atoms with Gasteiger partial charge in [-0.1, -0.05) is 51.0 Å². The van der Waals surface area contributed by atoms with E-state index < -0.39 is 0 Å². The number of rotatable bonds is 13. The molecule has 0 heterocycles. The molecule has 148 valence electrons. The molecule has 0 atom stereocenters. The SMILES string of the molecule is CCOCCOCc1cccc(CNC(=NC)NCCCCC(C)C)c1. The van der Waals surface area contributed by atoms with E-state index in [2.05, 4.69) is 53.7 Å². The van der Waals surface area contributed by atoms with E-state index in [-0.39, 0.29) is 0 Å². The number of benzene rings is 1. The molecule has 0 saturated carbocycles. The third kappa shape index (κ3) is 11.1. The molecule has 0 aliphatic carbocycles. The summed E-state index contributed by atoms with van der Waals surface area (Å²) >= 11 is 0. The number of aliphatic imine (C=N–C) groups is 1. The Morgan fingerprint density at radius 3 is 2.58 bits per heavy atom. The zero-order chi connectivity index (χ0) is 19.0. The smallest absolute Gasteiger partial charge is 0.191 e. The molecule has 1 aromatic carbocycles. The molecule has 0 bridgehead atoms. The molecule has 0 aliphatic heterocycles. The van der Waals surface area contributed by atoms with Crippen LogP contribution in [-0.4, -0.2) is 39.4 Å². The van der Waals surface area contributed by atoms with Crippen LogP contribution in [-0.2, 0) is 22.6 Å². The van der Waals surface area contributed by atoms with Crippen LogP contribution in [0.1, 0.15) is 51.2 Å². The fraction of sp³-hybridized carbons (Fsp3) is 0.667. The van der Waals surface area contributed by atoms with E-state index in [0.717, 1.165) is 31.6 Å². The second kappa shape index (κ2) is 14.6. The predicted octanol–water partition coefficient (Wildman–Crippen LogP) is 3.73. The number of guanidine groups is 1. The van der Waals surface area contributed by atoms with Gasteiger partial charge < -0.3 is 20.1 Å². The average Bonchev–Trinajstić information content (AvgIpc) is 2.64. The Morgan fingerprint density at radius 2 is 1.85 bits per heavy atom. The van der Waals surface area contributed by atoms with E-state index in [4.69, 9.17) is 9.47 Å². The zero-order valence-electron chi connectivity index (χ0n) is 17.0. The van der Waals surface area contributed by atoms with Crippen molar-refractivity contribution in [2.24, 2.45) is 10.9 Å². The minimum absolute atomic E-state index is 0.615. The molecule has 1 aromatic rings. The number of ether oxygens (including phenoxy) is 2. The molecule has 0 amide bonds. The first-order valence-electron chi connectivity index (χ1n) is 9.83. The van der Waals surface area contributed by atoms with Crippen molar-refractivity contribution in [3.63, 3.8) is 0 Å². The Morgan fingerprint density at radius 1 is 1.08 bits per heavy atom. The Balaban J connectivity index is 2.28. The van der Waals surface area contributed by atoms with E-state index >= 15 is 0 Å². The maximum absolute atomic E-state index is 5.63. The molecule has 0 fully saturated rings. The van der Waals surface area contributed by atoms with Crippen LogP contribution in [0, 0.1) is 5.92 Å². The summed E-state index contributed by atoms with van der Waals surface area (Å²) in [6.45, 7) is 10.9. The number of nitrogens with one attached hydrogen (secondary N) is 2. The Hall–Kier alpha value is -1.59. The van der Waals surface area contributed by atoms with Gasteiger partial charge >= 0.3 is 0 Å². The van der Waals surface area contributed by atoms with E-state index in [9.17, 15) is 0 Å². The number of nitrogens with zero attached hydrogens (tertiary/aromatic N) is 1. The molecule has 5 heteroatoms. The molecule has 26 heavy (non-hydrogen) atoms. The quantitative estimate of drug-likeness (QED) is 0.318. The molecule has 0 aliphatic rings. The van der Waals surface area contributed by atoms with Gasteiger partial charge in [0, 0.05) is 26.7 Å². The van der Waals surface area contributed by atoms with E-state index in [1.54, 1.807) is 0 Å². The summed E-state index contributed by atoms with van der Waals surface area (Å²) in [7, 11) is 1.81. The highest BCUT2D eigenvalue weighted by Gasteiger charge is 2.01. The maximum Gasteiger partial charge on any atom is 0.191 e. The Kier molecular flexibility index (Phi) is 12.6. The highest BCUT2D eigenvalue weighted by Crippen LogP contribution is 2.07. The van der Waals surface area contributed by atoms with Gasteiger partial charge in [0.25, 0.3) is 0 Å². The van der Waals surface area contributed by atoms with E-state index in [1.807, 2.05) is 14.0 Å². The standard InChI is InChI=1S/C21H37N3O2/c1-5-25-13-14-26-17-20-11-8-10-19(15-20)16-24-21(22-4)23-12-7-6-9-18(2)3/h8,10-11,15,18H,5-7,9,12-14,16-17H2,1-4H3,(H2,22,23,24). The Labute approximate surface area is 159 Å². The van der Waals surface area contributed by atoms with Crippen LogP contribution in [0.3, 0.4) is 0 Å². The summed E-state index contributed by atoms with van der Waals surface area (Å²) in [4.78, 5) is 4.29. The Bertz CT molecular complexity index is 504. The highest BCUT2D eigenvalue weighted by atomic mass is 16.5. The van der Waals surface area contributed by atoms with Gasteiger partial charge in [-0.3, -0.25) is 4.99 Å². The lowest BCUT2D eigenvalue weighted by Gasteiger charge is -2.13. The normalized spacial score (nSPS) is 11.8. The monoisotopic (exact) mass is 363 g/mol. The number of hydrogen-bond donors (Lipinski definition) is 2. The second-order valence-electron chi connectivity index (χ2n) is 6.81. The fourth-order valence-electron chi connectivity index (χ4n) is 2.57. The van der Waals surface area contributed by atoms with Gasteiger partial charge in [0.15, 0.2) is 5.96 Å². The molecule has 0 aromatic heterocycles. The van der Waals surface area contributed by atoms with Gasteiger partial charge in [0.1, 0.15) is 0 Å². The van der Waals surface area contributed by atoms with Gasteiger partial charge in [-0.2, -0.15) is 0 Å². The summed E-state index contributed by atoms with van der Waals surface area (Å²) < 4.78 is 10.9. The minimum atomic E-state index is 0.615. The van der Waals surface area contributed by atoms with E-state index in [1.165, 1.54) is 30.4 Å². The summed E-state index contributed by atoms with van der Waals surface area (Å²) in [5.41, 5.74) is 2.40. The maximum atomic E-state index is 5.63. The van der Waals surface area contributed by atoms with Crippen LogP contribution in [0.15, 0.2) is 29.3 Å². The summed E-state index contributed by atoms with van der Waals surface area (Å²) in [5.74, 6) is 1.63. The summed E-state index contributed by atoms with van der Waals surface area (Å²) in [6.07, 6.45) is 3.72. The molecule has 0 unspecified atom stereocenters. The molecule has 1 rings (SSSR count). The van der Waals surface area contributed by atoms with Crippen LogP contribution in [0.2, 0.25) is 0 Å². The predicted molar refractivity (Wildman–Crippen MR) is 109 cm³/mol. The van der Waals surface area contributed by atoms with E-state index in [0.29, 0.717) is 19.8 Å². The third-order valence-electron chi connectivity index (χ3n) is 4.02. The third-order valence-corrected chi connectivity index (χ3v) is 4.02. The fourth-order valence-corrected chi connectivity index (χ4v) is 2.57. The van der Waals surface area contributed by atoms with Gasteiger partial charge in [-0.25, -0.2) is 0 Å². The van der Waals surface area contributed by atoms with Crippen molar-refractivity contribution >= 4 is 5.96 Å². The van der Waals surface area contributed by atoms with Gasteiger partial charge in [-0.15, -0.1) is 0 Å². The van der Waals surface area contributed by atoms with Crippen molar-refractivity contribution in [3.8, 4) is 0 Å². The van der Waals surface area contributed by atoms with Crippen LogP contribution in [0.4, 0.5) is 0 Å². The number of unbranched alkanes of at least 4 members (excludes halogenated alkanes) is 1. The summed E-state index contributed by atoms with van der Waals surface area (Å²) in [5, 5.41) is 6.76. The lowest BCUT2D eigenvalue weighted by molar-refractivity contribution is 0.0453. The molecule has 0 radical (unpaired) electrons. The highest BCUT2D eigenvalue weighted by molar-refractivity contribution is 5.79. The minimum Gasteiger partial charge on any atom is -0.379 e. The second-order valence-corrected chi connectivity index (χ2v) is 6.81. The zero-order valence-corrected chi connectivity index (χ0v) is 17.0. The van der Waals surface area contributed by atoms with Crippen molar-refractivity contribution in [2.75, 3.05) is 33.4 Å². The van der Waals surface area contributed by atoms with Crippen LogP contribution < -0.4 is 10.6 Å². The molecule has 5 nitrogen and oxygen atoms in total. The largest absolute Gasteiger partial charge is 0.379 e. The van der Waals surface area contributed by atoms with Crippen LogP contribution in [0.5, 0.6) is 0 Å². The topological polar surface area (TPSA) is 54.9 Å². The van der Waals surface area contributed by atoms with Crippen molar-refractivity contribution in [1.82, 2.24) is 10.6 Å². The van der Waals surface area contributed by atoms with Gasteiger partial charge in [0.2, 0.25) is 0 Å². The first-order chi connectivity index (χ1) is 12.7. The molecule has 0 spiro atoms. The summed E-state index contributed by atoms with van der Waals surface area (Å²) in [6, 6.07) is 8.45. The van der Waals surface area contributed by atoms with Gasteiger partial charge in [0.05, 0.1) is 19.8 Å². The molecular formula is C21H37N3O2. The van der Waals surface area contributed by atoms with Crippen molar-refractivity contribution in [2.45, 2.75) is 53.2 Å². The lowest BCUT2D eigenvalue weighted by Crippen LogP contribution is -2.37. The first-order valence-corrected chi connectivity index (χ1v) is 9.83. The first kappa shape index (κ1) is 22.5. The lowest BCUT2D eigenvalue weighted by atomic mass is 10.1. The van der Waals surface area contributed by atoms with Crippen LogP contribution in [0.25, 0.3) is 0 Å². The number of hydrogen-bond acceptors (Lipinski definition) is 3. The molecule has 2 N–H and O–H groups in total. The average molecular weight is 364 g/mol. The van der Waals surface area contributed by atoms with Gasteiger partial charge in [-0.05, 0) is 30.4 Å². The van der Waals surface area contributed by atoms with Crippen molar-refractivity contribution in [1.29, 1.82) is 0 Å². The van der Waals surface area contributed by atoms with Crippen molar-refractivity contribution in [3.05, 3.63) is 35.4 Å². The van der Waals surface area contributed by atoms with Crippen LogP contribution >= 0.6 is 0 Å². The molecule has 0 saturated heterocycles. The van der Waals surface area contributed by atoms with Crippen molar-refractivity contribution < 1.29 is 9.47 Å².